The van der Waals surface area contributed by atoms with Crippen molar-refractivity contribution < 1.29 is 9.18 Å². The van der Waals surface area contributed by atoms with Crippen LogP contribution in [0.3, 0.4) is 0 Å². The number of nitrogens with zero attached hydrogens (tertiary/aromatic N) is 2. The maximum atomic E-state index is 13.4. The van der Waals surface area contributed by atoms with Gasteiger partial charge in [-0.1, -0.05) is 11.8 Å². The quantitative estimate of drug-likeness (QED) is 0.513. The van der Waals surface area contributed by atoms with Crippen molar-refractivity contribution in [3.8, 4) is 0 Å². The molecule has 0 unspecified atom stereocenters. The van der Waals surface area contributed by atoms with E-state index in [4.69, 9.17) is 5.73 Å². The van der Waals surface area contributed by atoms with Crippen molar-refractivity contribution in [2.24, 2.45) is 0 Å². The Morgan fingerprint density at radius 2 is 2.10 bits per heavy atom. The standard InChI is InChI=1S/C13H13FN4OS/c1-8-5-16-13(17-6-8)20-7-12(19)18-11-4-9(15)2-3-10(11)14/h2-6H,7,15H2,1H3,(H,18,19). The molecule has 0 saturated heterocycles. The summed E-state index contributed by atoms with van der Waals surface area (Å²) in [5, 5.41) is 2.96. The first-order chi connectivity index (χ1) is 9.54. The van der Waals surface area contributed by atoms with Crippen molar-refractivity contribution in [1.29, 1.82) is 0 Å². The van der Waals surface area contributed by atoms with Crippen LogP contribution < -0.4 is 11.1 Å². The minimum atomic E-state index is -0.524. The molecule has 2 aromatic rings. The van der Waals surface area contributed by atoms with Gasteiger partial charge >= 0.3 is 0 Å². The highest BCUT2D eigenvalue weighted by Crippen LogP contribution is 2.18. The number of aromatic nitrogens is 2. The van der Waals surface area contributed by atoms with Gasteiger partial charge in [-0.05, 0) is 30.7 Å². The Kier molecular flexibility index (Phi) is 4.52. The van der Waals surface area contributed by atoms with Crippen LogP contribution in [0.25, 0.3) is 0 Å². The fraction of sp³-hybridized carbons (Fsp3) is 0.154. The maximum absolute atomic E-state index is 13.4. The molecule has 2 rings (SSSR count). The van der Waals surface area contributed by atoms with Crippen LogP contribution in [0.1, 0.15) is 5.56 Å². The van der Waals surface area contributed by atoms with Gasteiger partial charge in [-0.25, -0.2) is 14.4 Å². The zero-order chi connectivity index (χ0) is 14.5. The number of carbonyl (C=O) groups excluding carboxylic acids is 1. The Balaban J connectivity index is 1.92. The van der Waals surface area contributed by atoms with Crippen LogP contribution in [0.5, 0.6) is 0 Å². The molecule has 1 heterocycles. The van der Waals surface area contributed by atoms with Crippen molar-refractivity contribution in [1.82, 2.24) is 9.97 Å². The number of carbonyl (C=O) groups is 1. The van der Waals surface area contributed by atoms with Crippen LogP contribution in [0, 0.1) is 12.7 Å². The van der Waals surface area contributed by atoms with Crippen LogP contribution in [0.15, 0.2) is 35.7 Å². The Hall–Kier alpha value is -2.15. The molecule has 5 nitrogen and oxygen atoms in total. The summed E-state index contributed by atoms with van der Waals surface area (Å²) in [6.45, 7) is 1.88. The van der Waals surface area contributed by atoms with Gasteiger partial charge < -0.3 is 11.1 Å². The maximum Gasteiger partial charge on any atom is 0.234 e. The van der Waals surface area contributed by atoms with E-state index in [0.29, 0.717) is 10.8 Å². The van der Waals surface area contributed by atoms with Gasteiger partial charge in [0.1, 0.15) is 5.82 Å². The molecule has 0 fully saturated rings. The van der Waals surface area contributed by atoms with E-state index in [1.807, 2.05) is 6.92 Å². The number of aryl methyl sites for hydroxylation is 1. The van der Waals surface area contributed by atoms with Crippen LogP contribution in [0.4, 0.5) is 15.8 Å². The number of benzene rings is 1. The largest absolute Gasteiger partial charge is 0.399 e. The summed E-state index contributed by atoms with van der Waals surface area (Å²) in [6, 6.07) is 4.02. The van der Waals surface area contributed by atoms with E-state index in [2.05, 4.69) is 15.3 Å². The topological polar surface area (TPSA) is 80.9 Å². The van der Waals surface area contributed by atoms with Gasteiger partial charge in [-0.2, -0.15) is 0 Å². The molecule has 0 radical (unpaired) electrons. The molecule has 7 heteroatoms. The van der Waals surface area contributed by atoms with E-state index in [1.165, 1.54) is 30.0 Å². The number of thioether (sulfide) groups is 1. The zero-order valence-electron chi connectivity index (χ0n) is 10.8. The van der Waals surface area contributed by atoms with Crippen molar-refractivity contribution in [3.05, 3.63) is 42.0 Å². The molecule has 0 aliphatic carbocycles. The third-order valence-corrected chi connectivity index (χ3v) is 3.23. The average molecular weight is 292 g/mol. The van der Waals surface area contributed by atoms with Crippen molar-refractivity contribution in [3.63, 3.8) is 0 Å². The molecule has 1 aromatic heterocycles. The molecule has 0 spiro atoms. The Bertz CT molecular complexity index is 618. The van der Waals surface area contributed by atoms with Crippen LogP contribution in [0.2, 0.25) is 0 Å². The number of anilines is 2. The number of hydrogen-bond donors (Lipinski definition) is 2. The summed E-state index contributed by atoms with van der Waals surface area (Å²) >= 11 is 1.18. The predicted octanol–water partition coefficient (Wildman–Crippen LogP) is 2.24. The van der Waals surface area contributed by atoms with Gasteiger partial charge in [0.05, 0.1) is 11.4 Å². The molecular weight excluding hydrogens is 279 g/mol. The number of rotatable bonds is 4. The van der Waals surface area contributed by atoms with Crippen molar-refractivity contribution in [2.75, 3.05) is 16.8 Å². The van der Waals surface area contributed by atoms with Gasteiger partial charge in [-0.15, -0.1) is 0 Å². The second kappa shape index (κ2) is 6.33. The molecule has 1 amide bonds. The highest BCUT2D eigenvalue weighted by molar-refractivity contribution is 7.99. The summed E-state index contributed by atoms with van der Waals surface area (Å²) < 4.78 is 13.4. The third kappa shape index (κ3) is 3.92. The predicted molar refractivity (Wildman–Crippen MR) is 76.9 cm³/mol. The highest BCUT2D eigenvalue weighted by Gasteiger charge is 2.09. The number of hydrogen-bond acceptors (Lipinski definition) is 5. The first-order valence-corrected chi connectivity index (χ1v) is 6.79. The Labute approximate surface area is 119 Å². The Morgan fingerprint density at radius 1 is 1.40 bits per heavy atom. The second-order valence-corrected chi connectivity index (χ2v) is 5.06. The van der Waals surface area contributed by atoms with Crippen molar-refractivity contribution in [2.45, 2.75) is 12.1 Å². The van der Waals surface area contributed by atoms with E-state index in [9.17, 15) is 9.18 Å². The minimum Gasteiger partial charge on any atom is -0.399 e. The van der Waals surface area contributed by atoms with Crippen LogP contribution in [-0.2, 0) is 4.79 Å². The molecule has 1 aromatic carbocycles. The molecular formula is C13H13FN4OS. The number of halogens is 1. The van der Waals surface area contributed by atoms with E-state index in [-0.39, 0.29) is 17.3 Å². The molecule has 20 heavy (non-hydrogen) atoms. The SMILES string of the molecule is Cc1cnc(SCC(=O)Nc2cc(N)ccc2F)nc1. The number of nitrogen functional groups attached to an aromatic ring is 1. The van der Waals surface area contributed by atoms with E-state index < -0.39 is 5.82 Å². The summed E-state index contributed by atoms with van der Waals surface area (Å²) in [5.74, 6) is -0.773. The summed E-state index contributed by atoms with van der Waals surface area (Å²) in [6.07, 6.45) is 3.34. The number of nitrogens with two attached hydrogens (primary N) is 1. The average Bonchev–Trinajstić information content (AvgIpc) is 2.42. The molecule has 104 valence electrons. The third-order valence-electron chi connectivity index (χ3n) is 2.35. The van der Waals surface area contributed by atoms with Crippen LogP contribution in [-0.4, -0.2) is 21.6 Å². The lowest BCUT2D eigenvalue weighted by Gasteiger charge is -2.06. The highest BCUT2D eigenvalue weighted by atomic mass is 32.2. The number of nitrogens with one attached hydrogen (secondary N) is 1. The first-order valence-electron chi connectivity index (χ1n) is 5.81. The monoisotopic (exact) mass is 292 g/mol. The van der Waals surface area contributed by atoms with Crippen molar-refractivity contribution >= 4 is 29.0 Å². The minimum absolute atomic E-state index is 0.0698. The molecule has 3 N–H and O–H groups in total. The first kappa shape index (κ1) is 14.3. The summed E-state index contributed by atoms with van der Waals surface area (Å²) in [7, 11) is 0. The lowest BCUT2D eigenvalue weighted by Crippen LogP contribution is -2.15. The molecule has 0 atom stereocenters. The van der Waals surface area contributed by atoms with Gasteiger partial charge in [0, 0.05) is 18.1 Å². The second-order valence-electron chi connectivity index (χ2n) is 4.12. The van der Waals surface area contributed by atoms with Gasteiger partial charge in [0.2, 0.25) is 5.91 Å². The Morgan fingerprint density at radius 3 is 2.80 bits per heavy atom. The van der Waals surface area contributed by atoms with E-state index in [0.717, 1.165) is 5.56 Å². The fourth-order valence-corrected chi connectivity index (χ4v) is 2.00. The lowest BCUT2D eigenvalue weighted by atomic mass is 10.2. The van der Waals surface area contributed by atoms with Gasteiger partial charge in [-0.3, -0.25) is 4.79 Å². The smallest absolute Gasteiger partial charge is 0.234 e. The zero-order valence-corrected chi connectivity index (χ0v) is 11.6. The molecule has 0 aliphatic heterocycles. The molecule has 0 bridgehead atoms. The molecule has 0 aliphatic rings. The van der Waals surface area contributed by atoms with Gasteiger partial charge in [0.15, 0.2) is 5.16 Å². The summed E-state index contributed by atoms with van der Waals surface area (Å²) in [4.78, 5) is 19.9. The summed E-state index contributed by atoms with van der Waals surface area (Å²) in [5.41, 5.74) is 6.94. The van der Waals surface area contributed by atoms with Gasteiger partial charge in [0.25, 0.3) is 0 Å². The normalized spacial score (nSPS) is 10.3. The number of amides is 1. The molecule has 0 saturated carbocycles. The fourth-order valence-electron chi connectivity index (χ4n) is 1.41. The van der Waals surface area contributed by atoms with Crippen LogP contribution >= 0.6 is 11.8 Å². The van der Waals surface area contributed by atoms with E-state index >= 15 is 0 Å². The van der Waals surface area contributed by atoms with E-state index in [1.54, 1.807) is 12.4 Å². The lowest BCUT2D eigenvalue weighted by molar-refractivity contribution is -0.113.